The van der Waals surface area contributed by atoms with Crippen LogP contribution in [0, 0.1) is 5.92 Å². The third-order valence-electron chi connectivity index (χ3n) is 12.7. The van der Waals surface area contributed by atoms with Gasteiger partial charge in [-0.3, -0.25) is 9.59 Å². The minimum absolute atomic E-state index is 0.0789. The maximum atomic E-state index is 12.3. The van der Waals surface area contributed by atoms with Gasteiger partial charge in [0.1, 0.15) is 24.2 Å². The summed E-state index contributed by atoms with van der Waals surface area (Å²) >= 11 is 0. The molecule has 4 heterocycles. The van der Waals surface area contributed by atoms with E-state index in [9.17, 15) is 45.0 Å². The van der Waals surface area contributed by atoms with E-state index in [-0.39, 0.29) is 31.3 Å². The molecule has 4 rings (SSSR count). The molecule has 17 nitrogen and oxygen atoms in total. The number of cyclic esters (lactones) is 1. The minimum Gasteiger partial charge on any atom is -0.481 e. The zero-order chi connectivity index (χ0) is 50.8. The quantitative estimate of drug-likeness (QED) is 0.0488. The van der Waals surface area contributed by atoms with Crippen LogP contribution in [0.5, 0.6) is 0 Å². The lowest BCUT2D eigenvalue weighted by molar-refractivity contribution is -0.308. The molecule has 17 heteroatoms. The van der Waals surface area contributed by atoms with Gasteiger partial charge >= 0.3 is 11.9 Å². The smallest absolute Gasteiger partial charge is 0.330 e. The predicted octanol–water partition coefficient (Wildman–Crippen LogP) is 4.88. The lowest BCUT2D eigenvalue weighted by Gasteiger charge is -2.45. The van der Waals surface area contributed by atoms with Crippen molar-refractivity contribution in [3.63, 3.8) is 0 Å². The molecule has 0 spiro atoms. The van der Waals surface area contributed by atoms with Gasteiger partial charge in [-0.1, -0.05) is 120 Å². The SMILES string of the molecule is CCCCCCCCCCCCCC(=O)NCCCN(C)C.C[C@@H]1C/C=C/C=C/C=C/C=C/[C@H](O[C@@H]2O[C@H](C)[C@@H](O)[C@H](N)[C@@H]2O)C[C@@H]2O[C@](O)(C[C@@H](O)C[C@H]3O[C@@H]3/C=C/C(=O)O1)C[C@H](O)[C@H]2C(=O)O. The van der Waals surface area contributed by atoms with Gasteiger partial charge in [-0.15, -0.1) is 0 Å². The number of aliphatic hydroxyl groups excluding tert-OH is 4. The number of aliphatic carboxylic acids is 1. The molecule has 0 saturated carbocycles. The first-order valence-corrected chi connectivity index (χ1v) is 25.5. The summed E-state index contributed by atoms with van der Waals surface area (Å²) in [5, 5.41) is 66.9. The van der Waals surface area contributed by atoms with Crippen LogP contribution in [-0.2, 0) is 38.1 Å². The van der Waals surface area contributed by atoms with Crippen molar-refractivity contribution in [3.05, 3.63) is 60.8 Å². The number of epoxide rings is 1. The molecule has 14 atom stereocenters. The van der Waals surface area contributed by atoms with Crippen molar-refractivity contribution in [1.82, 2.24) is 10.2 Å². The van der Waals surface area contributed by atoms with Crippen molar-refractivity contribution in [1.29, 1.82) is 0 Å². The topological polar surface area (TPSA) is 263 Å². The number of ether oxygens (including phenoxy) is 5. The number of amides is 1. The van der Waals surface area contributed by atoms with E-state index in [2.05, 4.69) is 31.2 Å². The molecule has 394 valence electrons. The molecule has 9 N–H and O–H groups in total. The molecule has 3 fully saturated rings. The zero-order valence-electron chi connectivity index (χ0n) is 41.9. The zero-order valence-corrected chi connectivity index (χ0v) is 41.9. The number of carboxylic acid groups (broad SMARTS) is 1. The molecule has 69 heavy (non-hydrogen) atoms. The van der Waals surface area contributed by atoms with Gasteiger partial charge in [0.2, 0.25) is 5.91 Å². The molecule has 4 aliphatic rings. The summed E-state index contributed by atoms with van der Waals surface area (Å²) in [5.41, 5.74) is 5.98. The average molecular weight is 978 g/mol. The van der Waals surface area contributed by atoms with Crippen molar-refractivity contribution in [3.8, 4) is 0 Å². The van der Waals surface area contributed by atoms with E-state index >= 15 is 0 Å². The van der Waals surface area contributed by atoms with E-state index in [1.54, 1.807) is 56.4 Å². The maximum absolute atomic E-state index is 12.3. The van der Waals surface area contributed by atoms with E-state index in [1.165, 1.54) is 76.4 Å². The van der Waals surface area contributed by atoms with Crippen LogP contribution in [0.2, 0.25) is 0 Å². The van der Waals surface area contributed by atoms with Crippen LogP contribution in [0.1, 0.15) is 136 Å². The number of hydrogen-bond donors (Lipinski definition) is 8. The molecule has 0 aromatic rings. The third kappa shape index (κ3) is 24.1. The number of hydrogen-bond acceptors (Lipinski definition) is 15. The van der Waals surface area contributed by atoms with Crippen LogP contribution in [0.15, 0.2) is 60.8 Å². The van der Waals surface area contributed by atoms with Gasteiger partial charge in [-0.25, -0.2) is 4.79 Å². The first kappa shape index (κ1) is 60.0. The first-order chi connectivity index (χ1) is 32.9. The van der Waals surface area contributed by atoms with Gasteiger partial charge < -0.3 is 70.3 Å². The van der Waals surface area contributed by atoms with E-state index in [4.69, 9.17) is 29.4 Å². The van der Waals surface area contributed by atoms with Crippen LogP contribution < -0.4 is 11.1 Å². The molecule has 4 aliphatic heterocycles. The summed E-state index contributed by atoms with van der Waals surface area (Å²) in [6, 6.07) is -1.08. The highest BCUT2D eigenvalue weighted by molar-refractivity contribution is 5.82. The number of nitrogens with one attached hydrogen (secondary N) is 1. The second kappa shape index (κ2) is 32.6. The second-order valence-corrected chi connectivity index (χ2v) is 19.4. The number of unbranched alkanes of at least 4 members (excludes halogenated alkanes) is 10. The molecule has 3 saturated heterocycles. The van der Waals surface area contributed by atoms with Crippen molar-refractivity contribution < 1.29 is 68.7 Å². The maximum Gasteiger partial charge on any atom is 0.330 e. The number of carbonyl (C=O) groups excluding carboxylic acids is 2. The average Bonchev–Trinajstić information content (AvgIpc) is 4.02. The van der Waals surface area contributed by atoms with Crippen LogP contribution in [0.4, 0.5) is 0 Å². The molecule has 0 radical (unpaired) electrons. The summed E-state index contributed by atoms with van der Waals surface area (Å²) < 4.78 is 28.5. The van der Waals surface area contributed by atoms with Crippen LogP contribution in [-0.4, -0.2) is 160 Å². The van der Waals surface area contributed by atoms with E-state index < -0.39 is 97.3 Å². The van der Waals surface area contributed by atoms with Gasteiger partial charge in [-0.05, 0) is 53.4 Å². The number of esters is 1. The normalized spacial score (nSPS) is 35.7. The van der Waals surface area contributed by atoms with Gasteiger partial charge in [-0.2, -0.15) is 0 Å². The minimum atomic E-state index is -2.10. The van der Waals surface area contributed by atoms with Gasteiger partial charge in [0.25, 0.3) is 0 Å². The number of carboxylic acids is 1. The Kier molecular flexibility index (Phi) is 28.3. The standard InChI is InChI=1S/C33H47NO13.C19H40N2O/c1-18-10-8-6-4-3-5-7-9-11-21(45-32-30(39)28(34)29(38)19(2)44-32)15-25-27(31(40)41)22(36)17-33(42,47-25)16-20(35)14-24-23(46-24)12-13-26(37)43-18;1-4-5-6-7-8-9-10-11-12-13-14-16-19(22)20-17-15-18-21(2)3/h3-9,11-13,18-25,27-30,32,35-36,38-39,42H,10,14-17,34H2,1-2H3,(H,40,41);4-18H2,1-3H3,(H,20,22)/b4-3+,7-5+,8-6+,11-9+,13-12+;/t18-,19-,20+,21+,22+,23-,24-,25+,27-,28+,29-,30+,32+,33-;/m1./s1. The molecule has 0 unspecified atom stereocenters. The Bertz CT molecular complexity index is 1640. The Morgan fingerprint density at radius 3 is 2.12 bits per heavy atom. The largest absolute Gasteiger partial charge is 0.481 e. The fourth-order valence-electron chi connectivity index (χ4n) is 8.67. The highest BCUT2D eigenvalue weighted by atomic mass is 16.7. The van der Waals surface area contributed by atoms with E-state index in [0.717, 1.165) is 25.9 Å². The summed E-state index contributed by atoms with van der Waals surface area (Å²) in [6.45, 7) is 7.46. The summed E-state index contributed by atoms with van der Waals surface area (Å²) in [6.07, 6.45) is 21.7. The number of fused-ring (bicyclic) bond motifs is 3. The Balaban J connectivity index is 0.000000483. The molecule has 0 aliphatic carbocycles. The molecular formula is C52H87N3O14. The van der Waals surface area contributed by atoms with Gasteiger partial charge in [0.15, 0.2) is 12.1 Å². The van der Waals surface area contributed by atoms with Crippen molar-refractivity contribution >= 4 is 17.8 Å². The highest BCUT2D eigenvalue weighted by Crippen LogP contribution is 2.39. The number of nitrogens with two attached hydrogens (primary N) is 1. The number of rotatable bonds is 19. The van der Waals surface area contributed by atoms with E-state index in [0.29, 0.717) is 12.8 Å². The summed E-state index contributed by atoms with van der Waals surface area (Å²) in [4.78, 5) is 38.2. The molecule has 2 bridgehead atoms. The Morgan fingerprint density at radius 1 is 0.826 bits per heavy atom. The second-order valence-electron chi connectivity index (χ2n) is 19.4. The third-order valence-corrected chi connectivity index (χ3v) is 12.7. The predicted molar refractivity (Wildman–Crippen MR) is 262 cm³/mol. The number of aliphatic hydroxyl groups is 5. The lowest BCUT2D eigenvalue weighted by Crippen LogP contribution is -2.61. The van der Waals surface area contributed by atoms with Gasteiger partial charge in [0, 0.05) is 51.1 Å². The fourth-order valence-corrected chi connectivity index (χ4v) is 8.67. The Morgan fingerprint density at radius 2 is 1.46 bits per heavy atom. The molecule has 0 aromatic carbocycles. The lowest BCUT2D eigenvalue weighted by atomic mass is 9.83. The molecule has 0 aromatic heterocycles. The van der Waals surface area contributed by atoms with Crippen LogP contribution >= 0.6 is 0 Å². The Labute approximate surface area is 410 Å². The van der Waals surface area contributed by atoms with Gasteiger partial charge in [0.05, 0.1) is 48.8 Å². The fraction of sp³-hybridized carbons (Fsp3) is 0.750. The summed E-state index contributed by atoms with van der Waals surface area (Å²) in [5.74, 6) is -5.22. The number of allylic oxidation sites excluding steroid dienone is 6. The number of carbonyl (C=O) groups is 3. The first-order valence-electron chi connectivity index (χ1n) is 25.5. The van der Waals surface area contributed by atoms with Crippen LogP contribution in [0.25, 0.3) is 0 Å². The van der Waals surface area contributed by atoms with Crippen molar-refractivity contribution in [2.75, 3.05) is 27.2 Å². The Hall–Kier alpha value is -3.33. The number of nitrogens with zero attached hydrogens (tertiary/aromatic N) is 1. The van der Waals surface area contributed by atoms with E-state index in [1.807, 2.05) is 6.08 Å². The molecule has 1 amide bonds. The highest BCUT2D eigenvalue weighted by Gasteiger charge is 2.51. The summed E-state index contributed by atoms with van der Waals surface area (Å²) in [7, 11) is 4.13. The molecular weight excluding hydrogens is 891 g/mol. The monoisotopic (exact) mass is 978 g/mol. The van der Waals surface area contributed by atoms with Crippen molar-refractivity contribution in [2.24, 2.45) is 11.7 Å². The van der Waals surface area contributed by atoms with Crippen molar-refractivity contribution in [2.45, 2.75) is 216 Å². The van der Waals surface area contributed by atoms with Crippen LogP contribution in [0.3, 0.4) is 0 Å².